The van der Waals surface area contributed by atoms with Gasteiger partial charge in [0.1, 0.15) is 5.75 Å². The number of β-amino-alcohol motifs (C(OH)–C–C–N with tert-alkyl or cyclic N) is 1. The maximum atomic E-state index is 13.2. The summed E-state index contributed by atoms with van der Waals surface area (Å²) in [6, 6.07) is 4.66. The molecule has 0 aromatic heterocycles. The predicted octanol–water partition coefficient (Wildman–Crippen LogP) is 2.22. The molecule has 7 nitrogen and oxygen atoms in total. The van der Waals surface area contributed by atoms with Gasteiger partial charge in [-0.15, -0.1) is 13.2 Å². The topological polar surface area (TPSA) is 85.3 Å². The Morgan fingerprint density at radius 1 is 1.21 bits per heavy atom. The molecule has 1 aromatic rings. The lowest BCUT2D eigenvalue weighted by Gasteiger charge is -2.37. The molecule has 3 fully saturated rings. The number of amides is 1. The molecule has 0 bridgehead atoms. The Kier molecular flexibility index (Phi) is 7.07. The second-order valence-corrected chi connectivity index (χ2v) is 9.45. The van der Waals surface area contributed by atoms with E-state index in [0.29, 0.717) is 50.4 Å². The average molecular weight is 472 g/mol. The molecule has 0 radical (unpaired) electrons. The van der Waals surface area contributed by atoms with E-state index in [1.54, 1.807) is 12.1 Å². The normalized spacial score (nSPS) is 24.3. The van der Waals surface area contributed by atoms with E-state index in [1.807, 2.05) is 4.90 Å². The number of aliphatic hydroxyl groups excluding tert-OH is 2. The number of carbonyl (C=O) groups is 1. The van der Waals surface area contributed by atoms with Crippen LogP contribution < -0.4 is 15.0 Å². The Labute approximate surface area is 191 Å². The fourth-order valence-electron chi connectivity index (χ4n) is 5.00. The standard InChI is InChI=1S/C23H32F3N3O4/c24-23(25,26)33-19-13-17(29-10-4-21(32)27-8-12-29)1-2-18(19)16(15-30)3-9-28-11-7-22(5-6-22)20(31)14-28/h1-2,13,16,20,30-31H,3-12,14-15H2,(H,27,32)/t16-,20-/m1/s1. The number of alkyl halides is 3. The number of hydrogen-bond acceptors (Lipinski definition) is 6. The van der Waals surface area contributed by atoms with Crippen LogP contribution in [-0.4, -0.2) is 79.4 Å². The van der Waals surface area contributed by atoms with Crippen LogP contribution >= 0.6 is 0 Å². The van der Waals surface area contributed by atoms with Gasteiger partial charge in [-0.1, -0.05) is 6.07 Å². The summed E-state index contributed by atoms with van der Waals surface area (Å²) < 4.78 is 43.9. The SMILES string of the molecule is O=C1CCN(c2ccc([C@@H](CO)CCN3CCC4(CC4)[C@H](O)C3)c(OC(F)(F)F)c2)CCN1. The highest BCUT2D eigenvalue weighted by molar-refractivity contribution is 5.77. The maximum Gasteiger partial charge on any atom is 0.573 e. The van der Waals surface area contributed by atoms with E-state index in [4.69, 9.17) is 0 Å². The minimum atomic E-state index is -4.86. The van der Waals surface area contributed by atoms with Crippen LogP contribution in [-0.2, 0) is 4.79 Å². The first-order chi connectivity index (χ1) is 15.7. The second kappa shape index (κ2) is 9.68. The van der Waals surface area contributed by atoms with E-state index in [2.05, 4.69) is 15.0 Å². The molecule has 33 heavy (non-hydrogen) atoms. The number of aliphatic hydroxyl groups is 2. The van der Waals surface area contributed by atoms with Gasteiger partial charge in [0, 0.05) is 55.8 Å². The van der Waals surface area contributed by atoms with E-state index in [-0.39, 0.29) is 36.2 Å². The van der Waals surface area contributed by atoms with Gasteiger partial charge in [-0.25, -0.2) is 0 Å². The highest BCUT2D eigenvalue weighted by Gasteiger charge is 2.51. The van der Waals surface area contributed by atoms with Gasteiger partial charge in [0.2, 0.25) is 5.91 Å². The van der Waals surface area contributed by atoms with Crippen molar-refractivity contribution in [1.82, 2.24) is 10.2 Å². The summed E-state index contributed by atoms with van der Waals surface area (Å²) in [5.41, 5.74) is 0.933. The van der Waals surface area contributed by atoms with Crippen LogP contribution in [0.3, 0.4) is 0 Å². The zero-order valence-electron chi connectivity index (χ0n) is 18.6. The van der Waals surface area contributed by atoms with E-state index < -0.39 is 12.3 Å². The fourth-order valence-corrected chi connectivity index (χ4v) is 5.00. The number of halogens is 3. The van der Waals surface area contributed by atoms with Crippen LogP contribution in [0.2, 0.25) is 0 Å². The highest BCUT2D eigenvalue weighted by Crippen LogP contribution is 2.53. The molecule has 0 unspecified atom stereocenters. The number of piperidine rings is 1. The molecule has 3 N–H and O–H groups in total. The number of anilines is 1. The molecule has 1 amide bonds. The number of rotatable bonds is 7. The van der Waals surface area contributed by atoms with Gasteiger partial charge >= 0.3 is 6.36 Å². The number of nitrogens with one attached hydrogen (secondary N) is 1. The molecule has 3 aliphatic rings. The molecule has 2 saturated heterocycles. The van der Waals surface area contributed by atoms with Crippen molar-refractivity contribution < 1.29 is 32.9 Å². The van der Waals surface area contributed by atoms with E-state index in [0.717, 1.165) is 25.8 Å². The summed E-state index contributed by atoms with van der Waals surface area (Å²) in [5, 5.41) is 23.2. The maximum absolute atomic E-state index is 13.2. The van der Waals surface area contributed by atoms with Crippen molar-refractivity contribution in [2.45, 2.75) is 50.5 Å². The largest absolute Gasteiger partial charge is 0.573 e. The minimum Gasteiger partial charge on any atom is -0.405 e. The van der Waals surface area contributed by atoms with Crippen molar-refractivity contribution >= 4 is 11.6 Å². The summed E-state index contributed by atoms with van der Waals surface area (Å²) in [7, 11) is 0. The molecule has 2 atom stereocenters. The van der Waals surface area contributed by atoms with E-state index in [9.17, 15) is 28.2 Å². The van der Waals surface area contributed by atoms with Gasteiger partial charge in [-0.05, 0) is 50.3 Å². The summed E-state index contributed by atoms with van der Waals surface area (Å²) in [5.74, 6) is -0.937. The van der Waals surface area contributed by atoms with Crippen LogP contribution in [0.25, 0.3) is 0 Å². The van der Waals surface area contributed by atoms with Crippen LogP contribution in [0, 0.1) is 5.41 Å². The minimum absolute atomic E-state index is 0.0864. The quantitative estimate of drug-likeness (QED) is 0.566. The molecule has 2 aliphatic heterocycles. The lowest BCUT2D eigenvalue weighted by Crippen LogP contribution is -2.45. The Morgan fingerprint density at radius 3 is 2.67 bits per heavy atom. The van der Waals surface area contributed by atoms with E-state index in [1.165, 1.54) is 6.07 Å². The van der Waals surface area contributed by atoms with Gasteiger partial charge in [-0.2, -0.15) is 0 Å². The molecular formula is C23H32F3N3O4. The monoisotopic (exact) mass is 471 g/mol. The van der Waals surface area contributed by atoms with Crippen molar-refractivity contribution in [2.24, 2.45) is 5.41 Å². The molecular weight excluding hydrogens is 439 g/mol. The lowest BCUT2D eigenvalue weighted by molar-refractivity contribution is -0.275. The fraction of sp³-hybridized carbons (Fsp3) is 0.696. The Hall–Kier alpha value is -2.04. The predicted molar refractivity (Wildman–Crippen MR) is 116 cm³/mol. The Morgan fingerprint density at radius 2 is 2.00 bits per heavy atom. The van der Waals surface area contributed by atoms with Crippen LogP contribution in [0.5, 0.6) is 5.75 Å². The zero-order valence-corrected chi connectivity index (χ0v) is 18.6. The molecule has 4 rings (SSSR count). The third-order valence-corrected chi connectivity index (χ3v) is 7.31. The lowest BCUT2D eigenvalue weighted by atomic mass is 9.89. The van der Waals surface area contributed by atoms with Gasteiger partial charge in [0.25, 0.3) is 0 Å². The van der Waals surface area contributed by atoms with Crippen molar-refractivity contribution in [2.75, 3.05) is 50.8 Å². The summed E-state index contributed by atoms with van der Waals surface area (Å²) >= 11 is 0. The van der Waals surface area contributed by atoms with Gasteiger partial charge in [0.05, 0.1) is 12.7 Å². The smallest absolute Gasteiger partial charge is 0.405 e. The van der Waals surface area contributed by atoms with Gasteiger partial charge in [-0.3, -0.25) is 4.79 Å². The molecule has 1 aromatic carbocycles. The Bertz CT molecular complexity index is 847. The summed E-state index contributed by atoms with van der Waals surface area (Å²) in [6.45, 7) is 2.98. The van der Waals surface area contributed by atoms with Crippen molar-refractivity contribution in [1.29, 1.82) is 0 Å². The van der Waals surface area contributed by atoms with Gasteiger partial charge in [0.15, 0.2) is 0 Å². The van der Waals surface area contributed by atoms with Crippen molar-refractivity contribution in [3.05, 3.63) is 23.8 Å². The zero-order chi connectivity index (χ0) is 23.6. The summed E-state index contributed by atoms with van der Waals surface area (Å²) in [4.78, 5) is 15.6. The highest BCUT2D eigenvalue weighted by atomic mass is 19.4. The van der Waals surface area contributed by atoms with Crippen molar-refractivity contribution in [3.8, 4) is 5.75 Å². The van der Waals surface area contributed by atoms with Crippen LogP contribution in [0.15, 0.2) is 18.2 Å². The second-order valence-electron chi connectivity index (χ2n) is 9.45. The van der Waals surface area contributed by atoms with E-state index >= 15 is 0 Å². The molecule has 184 valence electrons. The third-order valence-electron chi connectivity index (χ3n) is 7.31. The van der Waals surface area contributed by atoms with Crippen molar-refractivity contribution in [3.63, 3.8) is 0 Å². The molecule has 1 saturated carbocycles. The molecule has 2 heterocycles. The number of carbonyl (C=O) groups excluding carboxylic acids is 1. The molecule has 10 heteroatoms. The average Bonchev–Trinajstić information content (AvgIpc) is 3.56. The Balaban J connectivity index is 1.48. The first-order valence-corrected chi connectivity index (χ1v) is 11.6. The molecule has 1 spiro atoms. The summed E-state index contributed by atoms with van der Waals surface area (Å²) in [6.07, 6.45) is -1.45. The first-order valence-electron chi connectivity index (χ1n) is 11.6. The molecule has 1 aliphatic carbocycles. The number of ether oxygens (including phenoxy) is 1. The van der Waals surface area contributed by atoms with Crippen LogP contribution in [0.4, 0.5) is 18.9 Å². The number of hydrogen-bond donors (Lipinski definition) is 3. The van der Waals surface area contributed by atoms with Crippen LogP contribution in [0.1, 0.15) is 43.6 Å². The third kappa shape index (κ3) is 5.91. The number of benzene rings is 1. The number of likely N-dealkylation sites (tertiary alicyclic amines) is 1. The van der Waals surface area contributed by atoms with Gasteiger partial charge < -0.3 is 30.1 Å². The first kappa shape index (κ1) is 24.1. The number of nitrogens with zero attached hydrogens (tertiary/aromatic N) is 2.